The van der Waals surface area contributed by atoms with Crippen LogP contribution in [0.3, 0.4) is 0 Å². The fourth-order valence-corrected chi connectivity index (χ4v) is 4.78. The number of amides is 3. The van der Waals surface area contributed by atoms with E-state index in [0.717, 1.165) is 17.0 Å². The average Bonchev–Trinajstić information content (AvgIpc) is 3.39. The van der Waals surface area contributed by atoms with E-state index in [1.807, 2.05) is 12.2 Å². The first-order valence-corrected chi connectivity index (χ1v) is 9.32. The summed E-state index contributed by atoms with van der Waals surface area (Å²) in [4.78, 5) is 43.0. The van der Waals surface area contributed by atoms with Gasteiger partial charge in [-0.05, 0) is 30.4 Å². The lowest BCUT2D eigenvalue weighted by Crippen LogP contribution is -2.41. The van der Waals surface area contributed by atoms with Crippen LogP contribution in [-0.2, 0) is 20.9 Å². The van der Waals surface area contributed by atoms with Crippen LogP contribution < -0.4 is 5.32 Å². The number of imide groups is 1. The highest BCUT2D eigenvalue weighted by molar-refractivity contribution is 6.30. The Morgan fingerprint density at radius 1 is 1.15 bits per heavy atom. The van der Waals surface area contributed by atoms with Gasteiger partial charge in [-0.1, -0.05) is 23.8 Å². The van der Waals surface area contributed by atoms with Gasteiger partial charge in [0.1, 0.15) is 12.2 Å². The molecule has 0 spiro atoms. The second kappa shape index (κ2) is 5.92. The average molecular weight is 385 g/mol. The number of aromatic nitrogens is 2. The van der Waals surface area contributed by atoms with Crippen molar-refractivity contribution < 1.29 is 14.4 Å². The number of carbonyl (C=O) groups excluding carboxylic acids is 3. The molecule has 3 heterocycles. The van der Waals surface area contributed by atoms with Gasteiger partial charge in [-0.3, -0.25) is 19.3 Å². The van der Waals surface area contributed by atoms with Crippen molar-refractivity contribution in [1.29, 1.82) is 0 Å². The molecule has 2 aliphatic carbocycles. The maximum atomic E-state index is 12.6. The molecular formula is C19H17ClN4O3. The molecule has 5 rings (SSSR count). The monoisotopic (exact) mass is 384 g/mol. The van der Waals surface area contributed by atoms with Crippen LogP contribution >= 0.6 is 11.6 Å². The summed E-state index contributed by atoms with van der Waals surface area (Å²) in [6.07, 6.45) is 8.47. The lowest BCUT2D eigenvalue weighted by molar-refractivity contribution is -0.144. The van der Waals surface area contributed by atoms with E-state index >= 15 is 0 Å². The van der Waals surface area contributed by atoms with E-state index < -0.39 is 0 Å². The van der Waals surface area contributed by atoms with E-state index in [2.05, 4.69) is 10.3 Å². The first-order valence-electron chi connectivity index (χ1n) is 8.94. The first-order chi connectivity index (χ1) is 13.0. The predicted octanol–water partition coefficient (Wildman–Crippen LogP) is 1.41. The van der Waals surface area contributed by atoms with Gasteiger partial charge in [0.25, 0.3) is 0 Å². The van der Waals surface area contributed by atoms with Crippen molar-refractivity contribution >= 4 is 35.0 Å². The molecule has 2 fully saturated rings. The Bertz CT molecular complexity index is 984. The van der Waals surface area contributed by atoms with Crippen LogP contribution in [0.1, 0.15) is 12.1 Å². The summed E-state index contributed by atoms with van der Waals surface area (Å²) in [5, 5.41) is 3.33. The molecular weight excluding hydrogens is 368 g/mol. The number of likely N-dealkylation sites (tertiary alicyclic amines) is 1. The first kappa shape index (κ1) is 16.5. The van der Waals surface area contributed by atoms with Crippen LogP contribution in [-0.4, -0.2) is 38.6 Å². The zero-order valence-corrected chi connectivity index (χ0v) is 15.1. The highest BCUT2D eigenvalue weighted by Gasteiger charge is 2.59. The standard InChI is InChI=1S/C19H17ClN4O3/c20-12-3-4-14-22-13(8-23(14)7-12)6-21-15(25)9-24-18(26)16-10-1-2-11(5-10)17(16)19(24)27/h1-4,7-8,10-11,16-17H,5-6,9H2,(H,21,25). The van der Waals surface area contributed by atoms with Gasteiger partial charge in [-0.25, -0.2) is 4.98 Å². The normalized spacial score (nSPS) is 28.4. The summed E-state index contributed by atoms with van der Waals surface area (Å²) in [6.45, 7) is -0.0165. The van der Waals surface area contributed by atoms with Crippen molar-refractivity contribution in [2.45, 2.75) is 13.0 Å². The van der Waals surface area contributed by atoms with Gasteiger partial charge in [-0.15, -0.1) is 0 Å². The lowest BCUT2D eigenvalue weighted by Gasteiger charge is -2.16. The number of carbonyl (C=O) groups is 3. The highest BCUT2D eigenvalue weighted by atomic mass is 35.5. The predicted molar refractivity (Wildman–Crippen MR) is 96.5 cm³/mol. The Labute approximate surface area is 160 Å². The van der Waals surface area contributed by atoms with Crippen LogP contribution in [0.25, 0.3) is 5.65 Å². The van der Waals surface area contributed by atoms with Crippen molar-refractivity contribution in [3.05, 3.63) is 47.4 Å². The number of fused-ring (bicyclic) bond motifs is 6. The number of allylic oxidation sites excluding steroid dienone is 2. The fraction of sp³-hybridized carbons (Fsp3) is 0.368. The molecule has 1 N–H and O–H groups in total. The largest absolute Gasteiger partial charge is 0.349 e. The molecule has 0 aromatic carbocycles. The molecule has 7 nitrogen and oxygen atoms in total. The van der Waals surface area contributed by atoms with Crippen molar-refractivity contribution in [3.63, 3.8) is 0 Å². The van der Waals surface area contributed by atoms with Gasteiger partial charge in [-0.2, -0.15) is 0 Å². The maximum Gasteiger partial charge on any atom is 0.240 e. The number of hydrogen-bond donors (Lipinski definition) is 1. The van der Waals surface area contributed by atoms with Crippen LogP contribution in [0.15, 0.2) is 36.7 Å². The summed E-state index contributed by atoms with van der Waals surface area (Å²) in [6, 6.07) is 3.53. The Morgan fingerprint density at radius 2 is 1.85 bits per heavy atom. The third-order valence-corrected chi connectivity index (χ3v) is 6.02. The SMILES string of the molecule is O=C(CN1C(=O)C2C3C=CC(C3)C2C1=O)NCc1cn2cc(Cl)ccc2n1. The topological polar surface area (TPSA) is 83.8 Å². The molecule has 138 valence electrons. The van der Waals surface area contributed by atoms with Crippen molar-refractivity contribution in [2.24, 2.45) is 23.7 Å². The molecule has 8 heteroatoms. The Balaban J connectivity index is 1.23. The van der Waals surface area contributed by atoms with Gasteiger partial charge in [0.15, 0.2) is 0 Å². The molecule has 1 saturated heterocycles. The molecule has 2 bridgehead atoms. The summed E-state index contributed by atoms with van der Waals surface area (Å²) >= 11 is 5.95. The van der Waals surface area contributed by atoms with Crippen LogP contribution in [0.4, 0.5) is 0 Å². The molecule has 27 heavy (non-hydrogen) atoms. The van der Waals surface area contributed by atoms with Gasteiger partial charge >= 0.3 is 0 Å². The van der Waals surface area contributed by atoms with E-state index in [4.69, 9.17) is 11.6 Å². The molecule has 1 saturated carbocycles. The number of hydrogen-bond acceptors (Lipinski definition) is 4. The van der Waals surface area contributed by atoms with E-state index in [1.165, 1.54) is 0 Å². The minimum Gasteiger partial charge on any atom is -0.349 e. The lowest BCUT2D eigenvalue weighted by atomic mass is 9.85. The van der Waals surface area contributed by atoms with Crippen molar-refractivity contribution in [2.75, 3.05) is 6.54 Å². The van der Waals surface area contributed by atoms with E-state index in [1.54, 1.807) is 28.9 Å². The second-order valence-electron chi connectivity index (χ2n) is 7.38. The molecule has 4 atom stereocenters. The number of nitrogens with one attached hydrogen (secondary N) is 1. The zero-order valence-electron chi connectivity index (χ0n) is 14.3. The smallest absolute Gasteiger partial charge is 0.240 e. The summed E-state index contributed by atoms with van der Waals surface area (Å²) in [7, 11) is 0. The van der Waals surface area contributed by atoms with E-state index in [0.29, 0.717) is 10.7 Å². The Hall–Kier alpha value is -2.67. The van der Waals surface area contributed by atoms with Crippen molar-refractivity contribution in [1.82, 2.24) is 19.6 Å². The number of halogens is 1. The zero-order chi connectivity index (χ0) is 18.7. The number of rotatable bonds is 4. The van der Waals surface area contributed by atoms with Gasteiger partial charge in [0.05, 0.1) is 29.1 Å². The minimum absolute atomic E-state index is 0.148. The molecule has 2 aromatic rings. The third kappa shape index (κ3) is 2.56. The van der Waals surface area contributed by atoms with E-state index in [9.17, 15) is 14.4 Å². The van der Waals surface area contributed by atoms with E-state index in [-0.39, 0.29) is 54.5 Å². The quantitative estimate of drug-likeness (QED) is 0.638. The number of pyridine rings is 1. The molecule has 1 aliphatic heterocycles. The van der Waals surface area contributed by atoms with Crippen LogP contribution in [0.5, 0.6) is 0 Å². The Morgan fingerprint density at radius 3 is 2.56 bits per heavy atom. The molecule has 3 aliphatic rings. The Kier molecular flexibility index (Phi) is 3.62. The molecule has 3 amide bonds. The molecule has 0 radical (unpaired) electrons. The van der Waals surface area contributed by atoms with Crippen molar-refractivity contribution in [3.8, 4) is 0 Å². The third-order valence-electron chi connectivity index (χ3n) is 5.79. The second-order valence-corrected chi connectivity index (χ2v) is 7.82. The summed E-state index contributed by atoms with van der Waals surface area (Å²) < 4.78 is 1.78. The van der Waals surface area contributed by atoms with Crippen LogP contribution in [0, 0.1) is 23.7 Å². The number of imidazole rings is 1. The van der Waals surface area contributed by atoms with Crippen LogP contribution in [0.2, 0.25) is 5.02 Å². The van der Waals surface area contributed by atoms with Gasteiger partial charge < -0.3 is 9.72 Å². The molecule has 4 unspecified atom stereocenters. The van der Waals surface area contributed by atoms with Gasteiger partial charge in [0.2, 0.25) is 17.7 Å². The highest BCUT2D eigenvalue weighted by Crippen LogP contribution is 2.52. The number of nitrogens with zero attached hydrogens (tertiary/aromatic N) is 3. The van der Waals surface area contributed by atoms with Gasteiger partial charge in [0, 0.05) is 12.4 Å². The minimum atomic E-state index is -0.368. The fourth-order valence-electron chi connectivity index (χ4n) is 4.61. The summed E-state index contributed by atoms with van der Waals surface area (Å²) in [5.74, 6) is -1.04. The molecule has 2 aromatic heterocycles. The summed E-state index contributed by atoms with van der Waals surface area (Å²) in [5.41, 5.74) is 1.40. The maximum absolute atomic E-state index is 12.6.